The number of rotatable bonds is 6. The van der Waals surface area contributed by atoms with Gasteiger partial charge in [-0.2, -0.15) is 0 Å². The van der Waals surface area contributed by atoms with Gasteiger partial charge in [-0.1, -0.05) is 24.3 Å². The molecule has 27 heavy (non-hydrogen) atoms. The Morgan fingerprint density at radius 3 is 2.81 bits per heavy atom. The number of benzene rings is 1. The quantitative estimate of drug-likeness (QED) is 0.784. The van der Waals surface area contributed by atoms with Crippen LogP contribution in [0.2, 0.25) is 0 Å². The Bertz CT molecular complexity index is 741. The van der Waals surface area contributed by atoms with Crippen LogP contribution in [0.1, 0.15) is 40.9 Å². The van der Waals surface area contributed by atoms with E-state index in [0.29, 0.717) is 5.69 Å². The lowest BCUT2D eigenvalue weighted by atomic mass is 10.00. The first-order valence-electron chi connectivity index (χ1n) is 9.87. The molecule has 1 fully saturated rings. The summed E-state index contributed by atoms with van der Waals surface area (Å²) in [4.78, 5) is 21.4. The van der Waals surface area contributed by atoms with Crippen LogP contribution in [0.25, 0.3) is 0 Å². The highest BCUT2D eigenvalue weighted by Crippen LogP contribution is 2.20. The van der Waals surface area contributed by atoms with Crippen molar-refractivity contribution < 1.29 is 13.9 Å². The standard InChI is InChI=1S/C21H27N3O3/c25-21(20-15-27-16-22-20)24(19-7-12-26-13-8-19)10-3-9-23-11-6-17-4-1-2-5-18(17)14-23/h1-2,4-5,15-16,19H,3,6-14H2. The second kappa shape index (κ2) is 8.67. The Kier molecular flexibility index (Phi) is 5.84. The molecule has 0 radical (unpaired) electrons. The Morgan fingerprint density at radius 2 is 2.04 bits per heavy atom. The molecular formula is C21H27N3O3. The van der Waals surface area contributed by atoms with Gasteiger partial charge in [0.15, 0.2) is 12.1 Å². The minimum absolute atomic E-state index is 0.0281. The van der Waals surface area contributed by atoms with E-state index in [1.54, 1.807) is 0 Å². The summed E-state index contributed by atoms with van der Waals surface area (Å²) in [6, 6.07) is 8.92. The predicted molar refractivity (Wildman–Crippen MR) is 101 cm³/mol. The fourth-order valence-electron chi connectivity index (χ4n) is 4.12. The van der Waals surface area contributed by atoms with Gasteiger partial charge in [-0.3, -0.25) is 9.69 Å². The van der Waals surface area contributed by atoms with Crippen LogP contribution < -0.4 is 0 Å². The maximum atomic E-state index is 12.9. The van der Waals surface area contributed by atoms with Crippen molar-refractivity contribution in [3.05, 3.63) is 53.7 Å². The molecule has 0 unspecified atom stereocenters. The van der Waals surface area contributed by atoms with E-state index >= 15 is 0 Å². The number of amides is 1. The molecule has 0 saturated carbocycles. The number of aromatic nitrogens is 1. The van der Waals surface area contributed by atoms with Crippen LogP contribution >= 0.6 is 0 Å². The van der Waals surface area contributed by atoms with E-state index in [1.807, 2.05) is 4.90 Å². The first-order valence-corrected chi connectivity index (χ1v) is 9.87. The zero-order valence-electron chi connectivity index (χ0n) is 15.7. The van der Waals surface area contributed by atoms with Gasteiger partial charge in [0.05, 0.1) is 0 Å². The second-order valence-electron chi connectivity index (χ2n) is 7.36. The molecule has 0 N–H and O–H groups in total. The number of ether oxygens (including phenoxy) is 1. The summed E-state index contributed by atoms with van der Waals surface area (Å²) >= 11 is 0. The van der Waals surface area contributed by atoms with Crippen LogP contribution in [0.3, 0.4) is 0 Å². The van der Waals surface area contributed by atoms with Crippen molar-refractivity contribution in [2.75, 3.05) is 32.8 Å². The molecule has 0 aliphatic carbocycles. The smallest absolute Gasteiger partial charge is 0.276 e. The number of oxazole rings is 1. The topological polar surface area (TPSA) is 58.8 Å². The van der Waals surface area contributed by atoms with Crippen molar-refractivity contribution >= 4 is 5.91 Å². The minimum atomic E-state index is -0.0281. The SMILES string of the molecule is O=C(c1cocn1)N(CCCN1CCc2ccccc2C1)C1CCOCC1. The largest absolute Gasteiger partial charge is 0.451 e. The van der Waals surface area contributed by atoms with E-state index in [0.717, 1.165) is 65.1 Å². The molecule has 1 saturated heterocycles. The first kappa shape index (κ1) is 18.2. The predicted octanol–water partition coefficient (Wildman–Crippen LogP) is 2.74. The van der Waals surface area contributed by atoms with E-state index in [-0.39, 0.29) is 11.9 Å². The number of hydrogen-bond donors (Lipinski definition) is 0. The second-order valence-corrected chi connectivity index (χ2v) is 7.36. The summed E-state index contributed by atoms with van der Waals surface area (Å²) in [5.74, 6) is -0.0281. The fraction of sp³-hybridized carbons (Fsp3) is 0.524. The Balaban J connectivity index is 1.35. The van der Waals surface area contributed by atoms with Crippen LogP contribution in [0.4, 0.5) is 0 Å². The third-order valence-corrected chi connectivity index (χ3v) is 5.63. The molecule has 0 atom stereocenters. The van der Waals surface area contributed by atoms with Gasteiger partial charge < -0.3 is 14.1 Å². The zero-order chi connectivity index (χ0) is 18.5. The highest BCUT2D eigenvalue weighted by Gasteiger charge is 2.28. The van der Waals surface area contributed by atoms with Gasteiger partial charge in [-0.25, -0.2) is 4.98 Å². The van der Waals surface area contributed by atoms with E-state index in [1.165, 1.54) is 23.8 Å². The zero-order valence-corrected chi connectivity index (χ0v) is 15.7. The normalized spacial score (nSPS) is 18.2. The molecule has 2 aromatic rings. The van der Waals surface area contributed by atoms with Crippen molar-refractivity contribution in [2.24, 2.45) is 0 Å². The van der Waals surface area contributed by atoms with Crippen LogP contribution in [0, 0.1) is 0 Å². The highest BCUT2D eigenvalue weighted by atomic mass is 16.5. The monoisotopic (exact) mass is 369 g/mol. The van der Waals surface area contributed by atoms with Gasteiger partial charge in [-0.05, 0) is 36.8 Å². The van der Waals surface area contributed by atoms with Crippen molar-refractivity contribution in [3.8, 4) is 0 Å². The highest BCUT2D eigenvalue weighted by molar-refractivity contribution is 5.92. The van der Waals surface area contributed by atoms with E-state index in [4.69, 9.17) is 9.15 Å². The molecule has 6 nitrogen and oxygen atoms in total. The van der Waals surface area contributed by atoms with E-state index in [2.05, 4.69) is 34.1 Å². The molecule has 2 aliphatic heterocycles. The Labute approximate surface area is 160 Å². The lowest BCUT2D eigenvalue weighted by molar-refractivity contribution is 0.0275. The number of carbonyl (C=O) groups excluding carboxylic acids is 1. The average Bonchev–Trinajstić information content (AvgIpc) is 3.26. The number of fused-ring (bicyclic) bond motifs is 1. The summed E-state index contributed by atoms with van der Waals surface area (Å²) in [7, 11) is 0. The summed E-state index contributed by atoms with van der Waals surface area (Å²) < 4.78 is 10.5. The maximum Gasteiger partial charge on any atom is 0.276 e. The van der Waals surface area contributed by atoms with Crippen LogP contribution in [0.5, 0.6) is 0 Å². The third-order valence-electron chi connectivity index (χ3n) is 5.63. The fourth-order valence-corrected chi connectivity index (χ4v) is 4.12. The molecule has 6 heteroatoms. The number of hydrogen-bond acceptors (Lipinski definition) is 5. The summed E-state index contributed by atoms with van der Waals surface area (Å²) in [5.41, 5.74) is 3.30. The molecule has 144 valence electrons. The Hall–Kier alpha value is -2.18. The van der Waals surface area contributed by atoms with Crippen LogP contribution in [0.15, 0.2) is 41.3 Å². The van der Waals surface area contributed by atoms with Crippen molar-refractivity contribution in [3.63, 3.8) is 0 Å². The van der Waals surface area contributed by atoms with Gasteiger partial charge in [0.1, 0.15) is 6.26 Å². The molecule has 4 rings (SSSR count). The van der Waals surface area contributed by atoms with E-state index < -0.39 is 0 Å². The minimum Gasteiger partial charge on any atom is -0.451 e. The average molecular weight is 369 g/mol. The molecular weight excluding hydrogens is 342 g/mol. The van der Waals surface area contributed by atoms with Gasteiger partial charge in [0.25, 0.3) is 5.91 Å². The van der Waals surface area contributed by atoms with Crippen molar-refractivity contribution in [2.45, 2.75) is 38.3 Å². The van der Waals surface area contributed by atoms with Crippen molar-refractivity contribution in [1.82, 2.24) is 14.8 Å². The van der Waals surface area contributed by atoms with Crippen LogP contribution in [-0.4, -0.2) is 59.6 Å². The molecule has 0 bridgehead atoms. The van der Waals surface area contributed by atoms with E-state index in [9.17, 15) is 4.79 Å². The molecule has 1 amide bonds. The summed E-state index contributed by atoms with van der Waals surface area (Å²) in [6.07, 6.45) is 6.61. The van der Waals surface area contributed by atoms with Gasteiger partial charge in [0, 0.05) is 45.4 Å². The summed E-state index contributed by atoms with van der Waals surface area (Å²) in [5, 5.41) is 0. The first-order chi connectivity index (χ1) is 13.3. The van der Waals surface area contributed by atoms with Gasteiger partial charge in [-0.15, -0.1) is 0 Å². The number of carbonyl (C=O) groups is 1. The lowest BCUT2D eigenvalue weighted by Gasteiger charge is -2.35. The molecule has 2 aliphatic rings. The maximum absolute atomic E-state index is 12.9. The Morgan fingerprint density at radius 1 is 1.22 bits per heavy atom. The molecule has 1 aromatic heterocycles. The molecule has 1 aromatic carbocycles. The lowest BCUT2D eigenvalue weighted by Crippen LogP contribution is -2.45. The van der Waals surface area contributed by atoms with Gasteiger partial charge in [0.2, 0.25) is 0 Å². The van der Waals surface area contributed by atoms with Crippen molar-refractivity contribution in [1.29, 1.82) is 0 Å². The van der Waals surface area contributed by atoms with Crippen LogP contribution in [-0.2, 0) is 17.7 Å². The summed E-state index contributed by atoms with van der Waals surface area (Å²) in [6.45, 7) is 5.27. The van der Waals surface area contributed by atoms with Gasteiger partial charge >= 0.3 is 0 Å². The molecule has 3 heterocycles. The third kappa shape index (κ3) is 4.39. The number of nitrogens with zero attached hydrogens (tertiary/aromatic N) is 3. The molecule has 0 spiro atoms.